The van der Waals surface area contributed by atoms with Gasteiger partial charge in [0.1, 0.15) is 8.07 Å². The third-order valence-electron chi connectivity index (χ3n) is 1.80. The van der Waals surface area contributed by atoms with Gasteiger partial charge in [0.25, 0.3) is 0 Å². The van der Waals surface area contributed by atoms with E-state index in [2.05, 4.69) is 87.6 Å². The van der Waals surface area contributed by atoms with Gasteiger partial charge in [-0.25, -0.2) is 0 Å². The van der Waals surface area contributed by atoms with Crippen LogP contribution in [0.4, 0.5) is 0 Å². The first-order chi connectivity index (χ1) is 9.95. The van der Waals surface area contributed by atoms with Crippen LogP contribution in [0.5, 0.6) is 0 Å². The molecule has 0 spiro atoms. The Labute approximate surface area is 148 Å². The summed E-state index contributed by atoms with van der Waals surface area (Å²) in [6.07, 6.45) is 6.40. The largest absolute Gasteiger partial charge is 0.131 e. The zero-order valence-electron chi connectivity index (χ0n) is 15.5. The molecule has 0 atom stereocenters. The van der Waals surface area contributed by atoms with Gasteiger partial charge in [0.2, 0.25) is 0 Å². The van der Waals surface area contributed by atoms with E-state index in [0.717, 1.165) is 10.0 Å². The molecule has 0 bridgehead atoms. The lowest BCUT2D eigenvalue weighted by Crippen LogP contribution is -2.17. The van der Waals surface area contributed by atoms with Crippen molar-refractivity contribution in [2.24, 2.45) is 5.41 Å². The maximum atomic E-state index is 5.15. The SMILES string of the molecule is C#Cc1cccc(Br)c1.CC(C)(C)C#C[Si](C)(C)C.CCC. The molecule has 0 fully saturated rings. The van der Waals surface area contributed by atoms with Crippen molar-refractivity contribution in [3.8, 4) is 23.8 Å². The van der Waals surface area contributed by atoms with Crippen molar-refractivity contribution in [3.05, 3.63) is 34.3 Å². The number of terminal acetylenes is 1. The summed E-state index contributed by atoms with van der Waals surface area (Å²) in [5.41, 5.74) is 4.44. The molecule has 0 unspecified atom stereocenters. The van der Waals surface area contributed by atoms with Crippen molar-refractivity contribution in [3.63, 3.8) is 0 Å². The highest BCUT2D eigenvalue weighted by Gasteiger charge is 2.10. The Morgan fingerprint density at radius 3 is 1.86 bits per heavy atom. The molecule has 0 aromatic heterocycles. The van der Waals surface area contributed by atoms with E-state index in [1.54, 1.807) is 0 Å². The zero-order chi connectivity index (χ0) is 17.8. The van der Waals surface area contributed by atoms with E-state index in [0.29, 0.717) is 0 Å². The molecule has 0 heterocycles. The van der Waals surface area contributed by atoms with E-state index in [1.807, 2.05) is 24.3 Å². The molecule has 2 heteroatoms. The van der Waals surface area contributed by atoms with Crippen molar-refractivity contribution in [1.29, 1.82) is 0 Å². The zero-order valence-corrected chi connectivity index (χ0v) is 18.1. The van der Waals surface area contributed by atoms with Gasteiger partial charge in [0.15, 0.2) is 0 Å². The average Bonchev–Trinajstić information content (AvgIpc) is 2.37. The van der Waals surface area contributed by atoms with Crippen LogP contribution in [0.3, 0.4) is 0 Å². The Morgan fingerprint density at radius 1 is 1.14 bits per heavy atom. The minimum atomic E-state index is -1.13. The summed E-state index contributed by atoms with van der Waals surface area (Å²) in [5.74, 6) is 5.81. The molecule has 1 aromatic carbocycles. The second kappa shape index (κ2) is 11.6. The number of halogens is 1. The minimum absolute atomic E-state index is 0.181. The summed E-state index contributed by atoms with van der Waals surface area (Å²) < 4.78 is 1.03. The molecule has 1 rings (SSSR count). The quantitative estimate of drug-likeness (QED) is 0.345. The van der Waals surface area contributed by atoms with Crippen molar-refractivity contribution < 1.29 is 0 Å². The van der Waals surface area contributed by atoms with Crippen molar-refractivity contribution in [1.82, 2.24) is 0 Å². The van der Waals surface area contributed by atoms with Crippen LogP contribution in [0.25, 0.3) is 0 Å². The fourth-order valence-electron chi connectivity index (χ4n) is 0.953. The van der Waals surface area contributed by atoms with Crippen LogP contribution < -0.4 is 0 Å². The van der Waals surface area contributed by atoms with Gasteiger partial charge in [0.05, 0.1) is 0 Å². The highest BCUT2D eigenvalue weighted by atomic mass is 79.9. The second-order valence-electron chi connectivity index (χ2n) is 7.11. The van der Waals surface area contributed by atoms with Crippen LogP contribution in [0.15, 0.2) is 28.7 Å². The molecule has 0 nitrogen and oxygen atoms in total. The van der Waals surface area contributed by atoms with E-state index in [9.17, 15) is 0 Å². The minimum Gasteiger partial charge on any atom is -0.131 e. The van der Waals surface area contributed by atoms with Gasteiger partial charge < -0.3 is 0 Å². The van der Waals surface area contributed by atoms with Crippen molar-refractivity contribution in [2.45, 2.75) is 60.7 Å². The Hall–Kier alpha value is -0.963. The van der Waals surface area contributed by atoms with E-state index >= 15 is 0 Å². The predicted molar refractivity (Wildman–Crippen MR) is 109 cm³/mol. The van der Waals surface area contributed by atoms with Gasteiger partial charge in [-0.1, -0.05) is 67.8 Å². The van der Waals surface area contributed by atoms with E-state index in [-0.39, 0.29) is 5.41 Å². The van der Waals surface area contributed by atoms with Gasteiger partial charge in [0, 0.05) is 15.5 Å². The normalized spacial score (nSPS) is 9.82. The third kappa shape index (κ3) is 19.0. The summed E-state index contributed by atoms with van der Waals surface area (Å²) in [6.45, 7) is 17.5. The average molecular weight is 379 g/mol. The lowest BCUT2D eigenvalue weighted by Gasteiger charge is -2.10. The topological polar surface area (TPSA) is 0 Å². The van der Waals surface area contributed by atoms with Crippen LogP contribution in [0, 0.1) is 29.2 Å². The Bertz CT molecular complexity index is 496. The van der Waals surface area contributed by atoms with Gasteiger partial charge in [-0.2, -0.15) is 0 Å². The van der Waals surface area contributed by atoms with Crippen LogP contribution in [-0.4, -0.2) is 8.07 Å². The Morgan fingerprint density at radius 2 is 1.64 bits per heavy atom. The first-order valence-corrected chi connectivity index (χ1v) is 12.0. The highest BCUT2D eigenvalue weighted by Crippen LogP contribution is 2.11. The molecule has 122 valence electrons. The summed E-state index contributed by atoms with van der Waals surface area (Å²) in [4.78, 5) is 0. The predicted octanol–water partition coefficient (Wildman–Crippen LogP) is 6.76. The van der Waals surface area contributed by atoms with E-state index in [4.69, 9.17) is 6.42 Å². The maximum absolute atomic E-state index is 5.15. The van der Waals surface area contributed by atoms with Crippen LogP contribution in [-0.2, 0) is 0 Å². The summed E-state index contributed by atoms with van der Waals surface area (Å²) in [7, 11) is -1.13. The van der Waals surface area contributed by atoms with E-state index in [1.165, 1.54) is 6.42 Å². The fraction of sp³-hybridized carbons (Fsp3) is 0.500. The number of rotatable bonds is 0. The molecule has 0 aliphatic heterocycles. The molecular weight excluding hydrogens is 348 g/mol. The first kappa shape index (κ1) is 23.3. The molecule has 0 radical (unpaired) electrons. The van der Waals surface area contributed by atoms with E-state index < -0.39 is 8.07 Å². The molecule has 22 heavy (non-hydrogen) atoms. The van der Waals surface area contributed by atoms with Crippen LogP contribution in [0.2, 0.25) is 19.6 Å². The molecule has 0 aliphatic carbocycles. The summed E-state index contributed by atoms with van der Waals surface area (Å²) in [6, 6.07) is 7.66. The Balaban J connectivity index is 0. The molecule has 0 saturated carbocycles. The molecule has 0 N–H and O–H groups in total. The van der Waals surface area contributed by atoms with Gasteiger partial charge in [-0.15, -0.1) is 17.9 Å². The maximum Gasteiger partial charge on any atom is 0.129 e. The van der Waals surface area contributed by atoms with Crippen molar-refractivity contribution in [2.75, 3.05) is 0 Å². The molecular formula is C20H31BrSi. The smallest absolute Gasteiger partial charge is 0.129 e. The van der Waals surface area contributed by atoms with Crippen molar-refractivity contribution >= 4 is 24.0 Å². The molecule has 0 aliphatic rings. The van der Waals surface area contributed by atoms with Crippen LogP contribution >= 0.6 is 15.9 Å². The number of benzene rings is 1. The standard InChI is InChI=1S/C9H18Si.C8H5Br.C3H8/c1-9(2,3)7-8-10(4,5)6;1-2-7-4-3-5-8(9)6-7;1-3-2/h1-6H3;1,3-6H;3H2,1-2H3. The lowest BCUT2D eigenvalue weighted by molar-refractivity contribution is 0.571. The third-order valence-corrected chi connectivity index (χ3v) is 3.17. The van der Waals surface area contributed by atoms with Gasteiger partial charge in [-0.3, -0.25) is 0 Å². The molecule has 0 amide bonds. The monoisotopic (exact) mass is 378 g/mol. The first-order valence-electron chi connectivity index (χ1n) is 7.71. The summed E-state index contributed by atoms with van der Waals surface area (Å²) in [5, 5.41) is 0. The van der Waals surface area contributed by atoms with Crippen LogP contribution in [0.1, 0.15) is 46.6 Å². The molecule has 1 aromatic rings. The second-order valence-corrected chi connectivity index (χ2v) is 12.8. The number of hydrogen-bond donors (Lipinski definition) is 0. The Kier molecular flexibility index (Phi) is 12.3. The summed E-state index contributed by atoms with van der Waals surface area (Å²) >= 11 is 3.31. The lowest BCUT2D eigenvalue weighted by atomic mass is 9.99. The van der Waals surface area contributed by atoms with Gasteiger partial charge >= 0.3 is 0 Å². The molecule has 0 saturated heterocycles. The highest BCUT2D eigenvalue weighted by molar-refractivity contribution is 9.10. The van der Waals surface area contributed by atoms with Gasteiger partial charge in [-0.05, 0) is 39.0 Å². The fourth-order valence-corrected chi connectivity index (χ4v) is 2.10. The number of hydrogen-bond acceptors (Lipinski definition) is 0.